The number of nitrogens with zero attached hydrogens (tertiary/aromatic N) is 2. The summed E-state index contributed by atoms with van der Waals surface area (Å²) in [5.41, 5.74) is 2.08. The monoisotopic (exact) mass is 394 g/mol. The summed E-state index contributed by atoms with van der Waals surface area (Å²) in [7, 11) is 0. The summed E-state index contributed by atoms with van der Waals surface area (Å²) >= 11 is -0.951. The van der Waals surface area contributed by atoms with E-state index in [-0.39, 0.29) is 14.9 Å². The van der Waals surface area contributed by atoms with Crippen molar-refractivity contribution >= 4 is 33.1 Å². The Hall–Kier alpha value is -1.56. The second-order valence-electron chi connectivity index (χ2n) is 4.44. The Bertz CT molecular complexity index is 540. The molecule has 0 atom stereocenters. The van der Waals surface area contributed by atoms with Crippen LogP contribution in [0.1, 0.15) is 0 Å². The molecule has 2 radical (unpaired) electrons. The maximum atomic E-state index is 7.98. The number of anilines is 2. The van der Waals surface area contributed by atoms with Gasteiger partial charge >= 0.3 is 123 Å². The van der Waals surface area contributed by atoms with Gasteiger partial charge in [0, 0.05) is 0 Å². The molecule has 112 valence electrons. The van der Waals surface area contributed by atoms with Crippen LogP contribution in [0.4, 0.5) is 11.4 Å². The van der Waals surface area contributed by atoms with Gasteiger partial charge in [-0.3, -0.25) is 0 Å². The van der Waals surface area contributed by atoms with Gasteiger partial charge in [-0.05, 0) is 0 Å². The zero-order valence-electron chi connectivity index (χ0n) is 12.4. The summed E-state index contributed by atoms with van der Waals surface area (Å²) in [6.45, 7) is 1.94. The summed E-state index contributed by atoms with van der Waals surface area (Å²) < 4.78 is 4.72. The van der Waals surface area contributed by atoms with Crippen LogP contribution >= 0.6 is 0 Å². The Labute approximate surface area is 137 Å². The first-order chi connectivity index (χ1) is 9.25. The van der Waals surface area contributed by atoms with Crippen LogP contribution in [-0.4, -0.2) is 45.0 Å². The van der Waals surface area contributed by atoms with Crippen molar-refractivity contribution in [2.75, 3.05) is 19.3 Å². The molecule has 4 N–H and O–H groups in total. The minimum atomic E-state index is -0.951. The molecule has 4 nitrogen and oxygen atoms in total. The van der Waals surface area contributed by atoms with Crippen molar-refractivity contribution < 1.29 is 10.2 Å². The van der Waals surface area contributed by atoms with Gasteiger partial charge in [0.25, 0.3) is 0 Å². The van der Waals surface area contributed by atoms with E-state index in [1.165, 1.54) is 0 Å². The second kappa shape index (κ2) is 7.45. The molecule has 1 heterocycles. The molecule has 1 saturated heterocycles. The summed E-state index contributed by atoms with van der Waals surface area (Å²) in [5, 5.41) is 16.0. The van der Waals surface area contributed by atoms with E-state index in [0.717, 1.165) is 24.5 Å². The van der Waals surface area contributed by atoms with Crippen LogP contribution in [-0.2, 0) is 0 Å². The first-order valence-corrected chi connectivity index (χ1v) is 8.73. The molecule has 0 unspecified atom stereocenters. The Morgan fingerprint density at radius 3 is 1.48 bits per heavy atom. The third-order valence-corrected chi connectivity index (χ3v) is 7.21. The Kier molecular flexibility index (Phi) is 6.20. The van der Waals surface area contributed by atoms with Crippen molar-refractivity contribution in [3.05, 3.63) is 63.4 Å². The van der Waals surface area contributed by atoms with Crippen LogP contribution in [0.15, 0.2) is 48.5 Å². The summed E-state index contributed by atoms with van der Waals surface area (Å²) in [6, 6.07) is 15.5. The van der Waals surface area contributed by atoms with Crippen molar-refractivity contribution in [2.45, 2.75) is 0 Å². The molecule has 2 aromatic rings. The van der Waals surface area contributed by atoms with Crippen LogP contribution in [0.3, 0.4) is 0 Å². The van der Waals surface area contributed by atoms with Crippen LogP contribution < -0.4 is 6.24 Å². The third-order valence-electron chi connectivity index (χ3n) is 3.18. The second-order valence-corrected chi connectivity index (χ2v) is 8.09. The first-order valence-electron chi connectivity index (χ1n) is 6.18. The topological polar surface area (TPSA) is 52.3 Å². The number of rotatable bonds is 2. The zero-order chi connectivity index (χ0) is 13.2. The van der Waals surface area contributed by atoms with Gasteiger partial charge < -0.3 is 14.9 Å². The normalized spacial score (nSPS) is 13.5. The van der Waals surface area contributed by atoms with Gasteiger partial charge in [0.15, 0.2) is 0 Å². The standard InChI is InChI=1S/C14H14N2O2.2CH3.Sn/c17-13-7-3-1-5-11(13)15-9-10-16-12-6-2-4-8-14(12)18;;;/h1-8,17-18H,9-10H2;2*1H3;/q-2;2*-1;+2/p+2. The van der Waals surface area contributed by atoms with Gasteiger partial charge in [0.05, 0.1) is 0 Å². The molecule has 0 aliphatic carbocycles. The number of hydrogen-bond acceptors (Lipinski definition) is 2. The van der Waals surface area contributed by atoms with E-state index in [0.29, 0.717) is 11.5 Å². The van der Waals surface area contributed by atoms with Crippen LogP contribution in [0.2, 0.25) is 0 Å². The molecule has 21 heavy (non-hydrogen) atoms. The quantitative estimate of drug-likeness (QED) is 0.447. The van der Waals surface area contributed by atoms with Crippen LogP contribution in [0.5, 0.6) is 11.5 Å². The maximum absolute atomic E-state index is 7.98. The Balaban J connectivity index is 0.00000110. The van der Waals surface area contributed by atoms with E-state index >= 15 is 0 Å². The third kappa shape index (κ3) is 3.55. The summed E-state index contributed by atoms with van der Waals surface area (Å²) in [4.78, 5) is 0. The van der Waals surface area contributed by atoms with Gasteiger partial charge in [-0.2, -0.15) is 0 Å². The fourth-order valence-corrected chi connectivity index (χ4v) is 5.91. The molecule has 0 saturated carbocycles. The number of hydrogen-bond donors (Lipinski definition) is 0. The molecular formula is C16H22N2O2Sn. The molecule has 0 aromatic heterocycles. The molecule has 2 aromatic carbocycles. The molecule has 1 aliphatic heterocycles. The van der Waals surface area contributed by atoms with E-state index in [1.54, 1.807) is 0 Å². The van der Waals surface area contributed by atoms with Crippen molar-refractivity contribution in [1.29, 1.82) is 0 Å². The fourth-order valence-electron chi connectivity index (χ4n) is 2.21. The molecular weight excluding hydrogens is 371 g/mol. The van der Waals surface area contributed by atoms with Gasteiger partial charge in [0.2, 0.25) is 0 Å². The van der Waals surface area contributed by atoms with E-state index in [9.17, 15) is 0 Å². The zero-order valence-corrected chi connectivity index (χ0v) is 15.3. The fraction of sp³-hybridized carbons (Fsp3) is 0.125. The minimum absolute atomic E-state index is 0. The summed E-state index contributed by atoms with van der Waals surface area (Å²) in [6.07, 6.45) is 0. The average molecular weight is 393 g/mol. The number of benzene rings is 2. The van der Waals surface area contributed by atoms with Gasteiger partial charge in [0.1, 0.15) is 0 Å². The molecule has 5 heteroatoms. The SMILES string of the molecule is [CH3-].[CH3-].[OH2+]c1ccccc1[N]1CC[N](c2ccccc2[OH2+])[Sn]1. The Morgan fingerprint density at radius 2 is 1.10 bits per heavy atom. The Morgan fingerprint density at radius 1 is 0.714 bits per heavy atom. The van der Waals surface area contributed by atoms with Crippen molar-refractivity contribution in [2.24, 2.45) is 0 Å². The summed E-state index contributed by atoms with van der Waals surface area (Å²) in [5.74, 6) is 1.20. The van der Waals surface area contributed by atoms with E-state index in [2.05, 4.69) is 6.24 Å². The molecule has 0 bridgehead atoms. The van der Waals surface area contributed by atoms with Gasteiger partial charge in [-0.25, -0.2) is 0 Å². The molecule has 3 rings (SSSR count). The molecule has 0 amide bonds. The first kappa shape index (κ1) is 17.5. The molecule has 0 spiro atoms. The van der Waals surface area contributed by atoms with E-state index < -0.39 is 21.7 Å². The van der Waals surface area contributed by atoms with Crippen molar-refractivity contribution in [3.63, 3.8) is 0 Å². The van der Waals surface area contributed by atoms with E-state index in [4.69, 9.17) is 10.2 Å². The molecule has 1 fully saturated rings. The van der Waals surface area contributed by atoms with E-state index in [1.807, 2.05) is 48.5 Å². The van der Waals surface area contributed by atoms with Gasteiger partial charge in [-0.15, -0.1) is 0 Å². The van der Waals surface area contributed by atoms with Gasteiger partial charge in [-0.1, -0.05) is 0 Å². The van der Waals surface area contributed by atoms with Crippen LogP contribution in [0, 0.1) is 14.9 Å². The van der Waals surface area contributed by atoms with Crippen LogP contribution in [0.25, 0.3) is 0 Å². The van der Waals surface area contributed by atoms with Crippen molar-refractivity contribution in [1.82, 2.24) is 0 Å². The predicted octanol–water partition coefficient (Wildman–Crippen LogP) is 2.32. The number of para-hydroxylation sites is 4. The average Bonchev–Trinajstić information content (AvgIpc) is 2.89. The molecule has 1 aliphatic rings. The van der Waals surface area contributed by atoms with Crippen molar-refractivity contribution in [3.8, 4) is 11.5 Å². The predicted molar refractivity (Wildman–Crippen MR) is 92.3 cm³/mol.